The zero-order valence-corrected chi connectivity index (χ0v) is 9.12. The topological polar surface area (TPSA) is 74.7 Å². The molecule has 0 spiro atoms. The molecule has 15 heavy (non-hydrogen) atoms. The largest absolute Gasteiger partial charge is 0.395 e. The summed E-state index contributed by atoms with van der Waals surface area (Å²) in [5.74, 6) is 1.24. The number of anilines is 2. The summed E-state index contributed by atoms with van der Waals surface area (Å²) in [7, 11) is 0. The van der Waals surface area contributed by atoms with Crippen LogP contribution in [-0.4, -0.2) is 11.5 Å². The Hall–Kier alpha value is -1.76. The smallest absolute Gasteiger partial charge is 0.150 e. The molecule has 0 saturated heterocycles. The number of hydrogen-bond acceptors (Lipinski definition) is 4. The predicted octanol–water partition coefficient (Wildman–Crippen LogP) is 1.99. The maximum atomic E-state index is 8.77. The molecule has 0 bridgehead atoms. The fourth-order valence-corrected chi connectivity index (χ4v) is 1.19. The van der Waals surface area contributed by atoms with E-state index in [1.165, 1.54) is 0 Å². The summed E-state index contributed by atoms with van der Waals surface area (Å²) in [5.41, 5.74) is 6.67. The first-order valence-electron chi connectivity index (χ1n) is 5.03. The lowest BCUT2D eigenvalue weighted by atomic mass is 10.1. The highest BCUT2D eigenvalue weighted by atomic mass is 15.0. The van der Waals surface area contributed by atoms with Crippen molar-refractivity contribution in [2.45, 2.75) is 20.3 Å². The zero-order valence-electron chi connectivity index (χ0n) is 9.12. The maximum Gasteiger partial charge on any atom is 0.150 e. The number of hydrogen-bond donors (Lipinski definition) is 2. The maximum absolute atomic E-state index is 8.77. The second kappa shape index (κ2) is 5.20. The van der Waals surface area contributed by atoms with Gasteiger partial charge in [0.05, 0.1) is 11.3 Å². The van der Waals surface area contributed by atoms with E-state index in [2.05, 4.69) is 24.1 Å². The van der Waals surface area contributed by atoms with Crippen molar-refractivity contribution in [3.05, 3.63) is 17.8 Å². The molecule has 0 radical (unpaired) electrons. The number of nitrogens with two attached hydrogens (primary N) is 1. The molecule has 0 atom stereocenters. The SMILES string of the molecule is CC(C)CCNc1nccc(C#N)c1N. The van der Waals surface area contributed by atoms with Crippen LogP contribution in [0, 0.1) is 17.2 Å². The third kappa shape index (κ3) is 3.13. The standard InChI is InChI=1S/C11H16N4/c1-8(2)3-5-14-11-10(13)9(7-12)4-6-15-11/h4,6,8H,3,5,13H2,1-2H3,(H,14,15). The molecule has 80 valence electrons. The van der Waals surface area contributed by atoms with Crippen LogP contribution in [-0.2, 0) is 0 Å². The second-order valence-electron chi connectivity index (χ2n) is 3.84. The van der Waals surface area contributed by atoms with Crippen molar-refractivity contribution in [3.8, 4) is 6.07 Å². The molecule has 1 heterocycles. The van der Waals surface area contributed by atoms with Gasteiger partial charge in [0.1, 0.15) is 6.07 Å². The van der Waals surface area contributed by atoms with Gasteiger partial charge in [-0.3, -0.25) is 0 Å². The highest BCUT2D eigenvalue weighted by molar-refractivity contribution is 5.68. The van der Waals surface area contributed by atoms with Crippen molar-refractivity contribution >= 4 is 11.5 Å². The number of aromatic nitrogens is 1. The Bertz CT molecular complexity index is 365. The van der Waals surface area contributed by atoms with Gasteiger partial charge in [-0.25, -0.2) is 4.98 Å². The first-order valence-corrected chi connectivity index (χ1v) is 5.03. The first-order chi connectivity index (χ1) is 7.15. The van der Waals surface area contributed by atoms with E-state index in [0.29, 0.717) is 23.0 Å². The molecule has 1 aromatic rings. The fraction of sp³-hybridized carbons (Fsp3) is 0.455. The van der Waals surface area contributed by atoms with Gasteiger partial charge in [0.15, 0.2) is 5.82 Å². The minimum Gasteiger partial charge on any atom is -0.395 e. The molecule has 4 nitrogen and oxygen atoms in total. The molecular weight excluding hydrogens is 188 g/mol. The predicted molar refractivity (Wildman–Crippen MR) is 61.3 cm³/mol. The van der Waals surface area contributed by atoms with Gasteiger partial charge in [-0.1, -0.05) is 13.8 Å². The van der Waals surface area contributed by atoms with Gasteiger partial charge >= 0.3 is 0 Å². The van der Waals surface area contributed by atoms with Crippen molar-refractivity contribution in [3.63, 3.8) is 0 Å². The Balaban J connectivity index is 2.66. The van der Waals surface area contributed by atoms with E-state index in [1.807, 2.05) is 6.07 Å². The van der Waals surface area contributed by atoms with Crippen LogP contribution in [0.1, 0.15) is 25.8 Å². The molecule has 1 rings (SSSR count). The first kappa shape index (κ1) is 11.3. The van der Waals surface area contributed by atoms with Crippen molar-refractivity contribution in [1.29, 1.82) is 5.26 Å². The monoisotopic (exact) mass is 204 g/mol. The lowest BCUT2D eigenvalue weighted by Gasteiger charge is -2.09. The highest BCUT2D eigenvalue weighted by Gasteiger charge is 2.04. The van der Waals surface area contributed by atoms with E-state index in [4.69, 9.17) is 11.0 Å². The molecular formula is C11H16N4. The van der Waals surface area contributed by atoms with Crippen LogP contribution < -0.4 is 11.1 Å². The molecule has 0 amide bonds. The minimum atomic E-state index is 0.434. The number of rotatable bonds is 4. The van der Waals surface area contributed by atoms with Gasteiger partial charge in [-0.05, 0) is 18.4 Å². The van der Waals surface area contributed by atoms with E-state index in [9.17, 15) is 0 Å². The van der Waals surface area contributed by atoms with E-state index < -0.39 is 0 Å². The van der Waals surface area contributed by atoms with Crippen molar-refractivity contribution in [2.24, 2.45) is 5.92 Å². The van der Waals surface area contributed by atoms with Crippen LogP contribution in [0.4, 0.5) is 11.5 Å². The Morgan fingerprint density at radius 3 is 2.93 bits per heavy atom. The molecule has 0 aromatic carbocycles. The van der Waals surface area contributed by atoms with E-state index in [-0.39, 0.29) is 0 Å². The van der Waals surface area contributed by atoms with Crippen molar-refractivity contribution in [2.75, 3.05) is 17.6 Å². The van der Waals surface area contributed by atoms with Gasteiger partial charge in [-0.15, -0.1) is 0 Å². The highest BCUT2D eigenvalue weighted by Crippen LogP contribution is 2.18. The number of pyridine rings is 1. The normalized spacial score (nSPS) is 10.0. The van der Waals surface area contributed by atoms with Gasteiger partial charge < -0.3 is 11.1 Å². The number of nitrogens with zero attached hydrogens (tertiary/aromatic N) is 2. The molecule has 1 aromatic heterocycles. The van der Waals surface area contributed by atoms with Gasteiger partial charge in [0.25, 0.3) is 0 Å². The number of nitriles is 1. The van der Waals surface area contributed by atoms with Crippen LogP contribution >= 0.6 is 0 Å². The Labute approximate surface area is 90.1 Å². The molecule has 3 N–H and O–H groups in total. The number of nitrogen functional groups attached to an aromatic ring is 1. The zero-order chi connectivity index (χ0) is 11.3. The second-order valence-corrected chi connectivity index (χ2v) is 3.84. The summed E-state index contributed by atoms with van der Waals surface area (Å²) < 4.78 is 0. The average Bonchev–Trinajstić information content (AvgIpc) is 2.20. The molecule has 0 aliphatic carbocycles. The van der Waals surface area contributed by atoms with Crippen molar-refractivity contribution in [1.82, 2.24) is 4.98 Å². The summed E-state index contributed by atoms with van der Waals surface area (Å²) >= 11 is 0. The minimum absolute atomic E-state index is 0.434. The van der Waals surface area contributed by atoms with Gasteiger partial charge in [-0.2, -0.15) is 5.26 Å². The summed E-state index contributed by atoms with van der Waals surface area (Å²) in [6.07, 6.45) is 2.64. The average molecular weight is 204 g/mol. The van der Waals surface area contributed by atoms with Crippen LogP contribution in [0.25, 0.3) is 0 Å². The summed E-state index contributed by atoms with van der Waals surface area (Å²) in [6.45, 7) is 5.14. The Kier molecular flexibility index (Phi) is 3.92. The van der Waals surface area contributed by atoms with Crippen LogP contribution in [0.15, 0.2) is 12.3 Å². The van der Waals surface area contributed by atoms with E-state index >= 15 is 0 Å². The van der Waals surface area contributed by atoms with Crippen LogP contribution in [0.5, 0.6) is 0 Å². The lowest BCUT2D eigenvalue weighted by Crippen LogP contribution is -2.09. The third-order valence-corrected chi connectivity index (χ3v) is 2.12. The Morgan fingerprint density at radius 1 is 1.60 bits per heavy atom. The molecule has 0 aliphatic rings. The summed E-state index contributed by atoms with van der Waals surface area (Å²) in [5, 5.41) is 11.9. The summed E-state index contributed by atoms with van der Waals surface area (Å²) in [6, 6.07) is 3.64. The lowest BCUT2D eigenvalue weighted by molar-refractivity contribution is 0.607. The van der Waals surface area contributed by atoms with E-state index in [1.54, 1.807) is 12.3 Å². The molecule has 4 heteroatoms. The van der Waals surface area contributed by atoms with Gasteiger partial charge in [0.2, 0.25) is 0 Å². The molecule has 0 fully saturated rings. The fourth-order valence-electron chi connectivity index (χ4n) is 1.19. The van der Waals surface area contributed by atoms with Gasteiger partial charge in [0, 0.05) is 12.7 Å². The quantitative estimate of drug-likeness (QED) is 0.786. The number of nitrogens with one attached hydrogen (secondary N) is 1. The molecule has 0 aliphatic heterocycles. The molecule has 0 unspecified atom stereocenters. The Morgan fingerprint density at radius 2 is 2.33 bits per heavy atom. The van der Waals surface area contributed by atoms with Crippen molar-refractivity contribution < 1.29 is 0 Å². The molecule has 0 saturated carbocycles. The van der Waals surface area contributed by atoms with E-state index in [0.717, 1.165) is 13.0 Å². The third-order valence-electron chi connectivity index (χ3n) is 2.12. The summed E-state index contributed by atoms with van der Waals surface area (Å²) in [4.78, 5) is 4.10. The van der Waals surface area contributed by atoms with Crippen LogP contribution in [0.2, 0.25) is 0 Å². The van der Waals surface area contributed by atoms with Crippen LogP contribution in [0.3, 0.4) is 0 Å².